The molecule has 0 bridgehead atoms. The normalized spacial score (nSPS) is 12.1. The van der Waals surface area contributed by atoms with Crippen LogP contribution in [0.5, 0.6) is 11.5 Å². The molecule has 12 heteroatoms. The maximum absolute atomic E-state index is 14.0. The van der Waals surface area contributed by atoms with E-state index in [0.29, 0.717) is 35.0 Å². The molecule has 1 N–H and O–H groups in total. The molecule has 0 fully saturated rings. The molecule has 1 heterocycles. The Bertz CT molecular complexity index is 1760. The van der Waals surface area contributed by atoms with Crippen LogP contribution in [0.2, 0.25) is 0 Å². The lowest BCUT2D eigenvalue weighted by Crippen LogP contribution is -2.37. The van der Waals surface area contributed by atoms with E-state index in [0.717, 1.165) is 22.2 Å². The molecule has 0 saturated heterocycles. The second kappa shape index (κ2) is 12.3. The molecule has 10 nitrogen and oxygen atoms in total. The van der Waals surface area contributed by atoms with Gasteiger partial charge >= 0.3 is 13.8 Å². The van der Waals surface area contributed by atoms with Crippen LogP contribution in [0.3, 0.4) is 0 Å². The van der Waals surface area contributed by atoms with Crippen LogP contribution < -0.4 is 13.8 Å². The van der Waals surface area contributed by atoms with E-state index in [4.69, 9.17) is 22.9 Å². The van der Waals surface area contributed by atoms with E-state index in [1.165, 1.54) is 14.2 Å². The van der Waals surface area contributed by atoms with Gasteiger partial charge in [0, 0.05) is 32.8 Å². The van der Waals surface area contributed by atoms with Crippen LogP contribution in [0.25, 0.3) is 21.8 Å². The zero-order valence-electron chi connectivity index (χ0n) is 23.5. The Kier molecular flexibility index (Phi) is 9.16. The molecule has 4 rings (SSSR count). The number of carbonyl (C=O) groups is 1. The van der Waals surface area contributed by atoms with Crippen LogP contribution >= 0.6 is 7.82 Å². The molecule has 0 atom stereocenters. The Morgan fingerprint density at radius 1 is 0.902 bits per heavy atom. The number of rotatable bonds is 11. The van der Waals surface area contributed by atoms with Gasteiger partial charge in [-0.05, 0) is 56.5 Å². The summed E-state index contributed by atoms with van der Waals surface area (Å²) >= 11 is 0. The van der Waals surface area contributed by atoms with Gasteiger partial charge in [-0.25, -0.2) is 9.36 Å². The first-order valence-corrected chi connectivity index (χ1v) is 16.0. The number of fused-ring (bicyclic) bond motifs is 2. The summed E-state index contributed by atoms with van der Waals surface area (Å²) in [5.41, 5.74) is 4.33. The molecule has 0 radical (unpaired) electrons. The van der Waals surface area contributed by atoms with Crippen molar-refractivity contribution in [1.29, 1.82) is 0 Å². The fourth-order valence-corrected chi connectivity index (χ4v) is 6.21. The molecular weight excluding hydrogens is 569 g/mol. The zero-order valence-corrected chi connectivity index (χ0v) is 25.3. The zero-order chi connectivity index (χ0) is 29.9. The van der Waals surface area contributed by atoms with Crippen molar-refractivity contribution in [1.82, 2.24) is 0 Å². The molecular formula is C29H33NO9PS+. The van der Waals surface area contributed by atoms with Gasteiger partial charge in [0.1, 0.15) is 18.0 Å². The number of aromatic nitrogens is 1. The average Bonchev–Trinajstić information content (AvgIpc) is 2.91. The number of hydrogen-bond donors (Lipinski definition) is 1. The van der Waals surface area contributed by atoms with Gasteiger partial charge in [-0.3, -0.25) is 13.6 Å². The largest absolute Gasteiger partial charge is 0.529 e. The van der Waals surface area contributed by atoms with E-state index in [-0.39, 0.29) is 23.5 Å². The predicted octanol–water partition coefficient (Wildman–Crippen LogP) is 5.87. The van der Waals surface area contributed by atoms with E-state index in [2.05, 4.69) is 0 Å². The van der Waals surface area contributed by atoms with Gasteiger partial charge in [-0.15, -0.1) is 0 Å². The SMILES string of the molecule is COP(=O)(OC)Oc1ccc2c(c1)c(C(=O)Oc1c(C)cc(C)cc1C)c1ccccc1[n+]2CCCCS(=O)(=O)O. The number of aryl methyl sites for hydroxylation is 4. The number of para-hydroxylation sites is 1. The number of ether oxygens (including phenoxy) is 1. The first-order chi connectivity index (χ1) is 19.4. The molecule has 1 aromatic heterocycles. The fraction of sp³-hybridized carbons (Fsp3) is 0.310. The topological polar surface area (TPSA) is 129 Å². The van der Waals surface area contributed by atoms with Crippen LogP contribution in [0.4, 0.5) is 0 Å². The average molecular weight is 603 g/mol. The summed E-state index contributed by atoms with van der Waals surface area (Å²) in [6.45, 7) is 6.12. The number of phosphoric acid groups is 1. The number of pyridine rings is 1. The van der Waals surface area contributed by atoms with Crippen molar-refractivity contribution in [2.24, 2.45) is 0 Å². The molecule has 0 unspecified atom stereocenters. The number of carbonyl (C=O) groups excluding carboxylic acids is 1. The molecule has 4 aromatic rings. The first-order valence-electron chi connectivity index (χ1n) is 12.9. The lowest BCUT2D eigenvalue weighted by molar-refractivity contribution is -0.645. The van der Waals surface area contributed by atoms with Gasteiger partial charge in [0.25, 0.3) is 10.1 Å². The van der Waals surface area contributed by atoms with Crippen LogP contribution in [0.1, 0.15) is 39.9 Å². The Hall–Kier alpha value is -3.34. The van der Waals surface area contributed by atoms with E-state index >= 15 is 0 Å². The van der Waals surface area contributed by atoms with Crippen molar-refractivity contribution >= 4 is 45.7 Å². The molecule has 0 spiro atoms. The quantitative estimate of drug-likeness (QED) is 0.0426. The summed E-state index contributed by atoms with van der Waals surface area (Å²) in [4.78, 5) is 14.0. The van der Waals surface area contributed by atoms with Gasteiger partial charge < -0.3 is 9.26 Å². The Morgan fingerprint density at radius 2 is 1.54 bits per heavy atom. The summed E-state index contributed by atoms with van der Waals surface area (Å²) in [6, 6.07) is 16.1. The lowest BCUT2D eigenvalue weighted by Gasteiger charge is -2.16. The van der Waals surface area contributed by atoms with Crippen molar-refractivity contribution in [3.05, 3.63) is 76.9 Å². The standard InChI is InChI=1S/C29H32NO9PS/c1-19-16-20(2)28(21(3)17-19)38-29(31)27-23-10-6-7-11-25(23)30(14-8-9-15-41(33,34)35)26-13-12-22(18-24(26)27)39-40(32,36-4)37-5/h6-7,10-13,16-18H,8-9,14-15H2,1-5H3/p+1. The molecule has 0 saturated carbocycles. The number of unbranched alkanes of at least 4 members (excludes halogenated alkanes) is 1. The first kappa shape index (κ1) is 30.6. The molecule has 0 aliphatic carbocycles. The number of hydrogen-bond acceptors (Lipinski definition) is 8. The highest BCUT2D eigenvalue weighted by Crippen LogP contribution is 2.48. The van der Waals surface area contributed by atoms with Gasteiger partial charge in [0.05, 0.1) is 22.1 Å². The summed E-state index contributed by atoms with van der Waals surface area (Å²) < 4.78 is 67.7. The number of benzene rings is 3. The van der Waals surface area contributed by atoms with E-state index < -0.39 is 23.9 Å². The smallest absolute Gasteiger partial charge is 0.422 e. The summed E-state index contributed by atoms with van der Waals surface area (Å²) in [5, 5.41) is 1.06. The maximum atomic E-state index is 14.0. The maximum Gasteiger partial charge on any atom is 0.529 e. The molecule has 41 heavy (non-hydrogen) atoms. The summed E-state index contributed by atoms with van der Waals surface area (Å²) in [7, 11) is -5.57. The van der Waals surface area contributed by atoms with Crippen molar-refractivity contribution < 1.29 is 45.2 Å². The summed E-state index contributed by atoms with van der Waals surface area (Å²) in [5.74, 6) is -0.326. The third-order valence-corrected chi connectivity index (χ3v) is 8.83. The van der Waals surface area contributed by atoms with Crippen LogP contribution in [0.15, 0.2) is 54.6 Å². The summed E-state index contributed by atoms with van der Waals surface area (Å²) in [6.07, 6.45) is 0.680. The third-order valence-electron chi connectivity index (χ3n) is 6.69. The third kappa shape index (κ3) is 6.94. The minimum absolute atomic E-state index is 0.148. The van der Waals surface area contributed by atoms with Crippen LogP contribution in [0, 0.1) is 20.8 Å². The number of esters is 1. The van der Waals surface area contributed by atoms with Crippen molar-refractivity contribution in [3.8, 4) is 11.5 Å². The van der Waals surface area contributed by atoms with Gasteiger partial charge in [0.2, 0.25) is 11.0 Å². The highest BCUT2D eigenvalue weighted by molar-refractivity contribution is 7.85. The molecule has 0 amide bonds. The fourth-order valence-electron chi connectivity index (χ4n) is 4.97. The second-order valence-corrected chi connectivity index (χ2v) is 13.1. The van der Waals surface area contributed by atoms with E-state index in [9.17, 15) is 17.8 Å². The van der Waals surface area contributed by atoms with Crippen molar-refractivity contribution in [2.45, 2.75) is 40.2 Å². The predicted molar refractivity (Wildman–Crippen MR) is 155 cm³/mol. The van der Waals surface area contributed by atoms with Crippen molar-refractivity contribution in [2.75, 3.05) is 20.0 Å². The Balaban J connectivity index is 1.91. The molecule has 3 aromatic carbocycles. The Morgan fingerprint density at radius 3 is 2.17 bits per heavy atom. The van der Waals surface area contributed by atoms with E-state index in [1.807, 2.05) is 49.6 Å². The van der Waals surface area contributed by atoms with Gasteiger partial charge in [0.15, 0.2) is 0 Å². The molecule has 218 valence electrons. The number of nitrogens with zero attached hydrogens (tertiary/aromatic N) is 1. The highest BCUT2D eigenvalue weighted by atomic mass is 32.2. The minimum Gasteiger partial charge on any atom is -0.422 e. The molecule has 0 aliphatic heterocycles. The van der Waals surface area contributed by atoms with Gasteiger partial charge in [-0.2, -0.15) is 13.0 Å². The monoisotopic (exact) mass is 602 g/mol. The van der Waals surface area contributed by atoms with Crippen molar-refractivity contribution in [3.63, 3.8) is 0 Å². The van der Waals surface area contributed by atoms with Crippen LogP contribution in [-0.2, 0) is 30.3 Å². The molecule has 0 aliphatic rings. The minimum atomic E-state index is -4.09. The van der Waals surface area contributed by atoms with Gasteiger partial charge in [-0.1, -0.05) is 29.8 Å². The Labute approximate surface area is 239 Å². The highest BCUT2D eigenvalue weighted by Gasteiger charge is 2.29. The lowest BCUT2D eigenvalue weighted by atomic mass is 10.0. The van der Waals surface area contributed by atoms with E-state index in [1.54, 1.807) is 30.3 Å². The number of phosphoric ester groups is 1. The van der Waals surface area contributed by atoms with Crippen LogP contribution in [-0.4, -0.2) is 38.9 Å². The second-order valence-electron chi connectivity index (χ2n) is 9.74.